The molecule has 0 bridgehead atoms. The molecule has 0 unspecified atom stereocenters. The van der Waals surface area contributed by atoms with Crippen LogP contribution in [0.3, 0.4) is 0 Å². The topological polar surface area (TPSA) is 61.6 Å². The molecule has 0 atom stereocenters. The van der Waals surface area contributed by atoms with Crippen molar-refractivity contribution in [1.29, 1.82) is 0 Å². The number of nitrogens with two attached hydrogens (primary N) is 1. The van der Waals surface area contributed by atoms with E-state index in [4.69, 9.17) is 5.73 Å². The second-order valence-corrected chi connectivity index (χ2v) is 16.0. The van der Waals surface area contributed by atoms with Crippen molar-refractivity contribution in [2.75, 3.05) is 33.2 Å². The van der Waals surface area contributed by atoms with Crippen LogP contribution < -0.4 is 11.1 Å². The highest BCUT2D eigenvalue weighted by molar-refractivity contribution is 9.11. The van der Waals surface area contributed by atoms with Gasteiger partial charge in [0.2, 0.25) is 0 Å². The second kappa shape index (κ2) is 22.4. The summed E-state index contributed by atoms with van der Waals surface area (Å²) in [6.45, 7) is 5.29. The van der Waals surface area contributed by atoms with E-state index >= 15 is 0 Å². The number of hydrogen-bond donors (Lipinski definition) is 2. The summed E-state index contributed by atoms with van der Waals surface area (Å²) in [5.41, 5.74) is 14.4. The van der Waals surface area contributed by atoms with E-state index in [9.17, 15) is 18.0 Å². The van der Waals surface area contributed by atoms with Crippen molar-refractivity contribution < 1.29 is 18.0 Å². The third-order valence-electron chi connectivity index (χ3n) is 8.46. The predicted molar refractivity (Wildman–Crippen MR) is 223 cm³/mol. The van der Waals surface area contributed by atoms with Crippen LogP contribution in [-0.2, 0) is 50.1 Å². The molecule has 52 heavy (non-hydrogen) atoms. The Bertz CT molecular complexity index is 1740. The number of nitrogens with one attached hydrogen (secondary N) is 1. The number of nitrogens with zero attached hydrogens (tertiary/aromatic N) is 2. The molecule has 5 nitrogen and oxygen atoms in total. The van der Waals surface area contributed by atoms with Gasteiger partial charge in [-0.25, -0.2) is 0 Å². The molecule has 3 N–H and O–H groups in total. The van der Waals surface area contributed by atoms with Crippen molar-refractivity contribution in [3.63, 3.8) is 0 Å². The lowest BCUT2D eigenvalue weighted by Gasteiger charge is -2.29. The first-order valence-corrected chi connectivity index (χ1v) is 19.5. The molecule has 284 valence electrons. The van der Waals surface area contributed by atoms with E-state index < -0.39 is 12.1 Å². The zero-order chi connectivity index (χ0) is 36.3. The number of benzene rings is 4. The van der Waals surface area contributed by atoms with Gasteiger partial charge in [0, 0.05) is 50.6 Å². The van der Waals surface area contributed by atoms with Crippen LogP contribution in [0.5, 0.6) is 0 Å². The normalized spacial score (nSPS) is 14.4. The SMILES string of the molecule is Brc1ccc2c(c1)CCNC2.C.C.CN1CCc2cc(Br)ccc2C1.NCCc1cccc(Br)c1.O=C(N1CCc2cc(Br)ccc2C1)C(F)(F)F. The minimum atomic E-state index is -4.78. The number of halogens is 7. The van der Waals surface area contributed by atoms with Gasteiger partial charge in [0.15, 0.2) is 0 Å². The van der Waals surface area contributed by atoms with Gasteiger partial charge < -0.3 is 20.9 Å². The summed E-state index contributed by atoms with van der Waals surface area (Å²) in [6, 6.07) is 26.7. The van der Waals surface area contributed by atoms with Crippen molar-refractivity contribution in [3.05, 3.63) is 136 Å². The monoisotopic (exact) mass is 974 g/mol. The molecule has 0 saturated heterocycles. The average molecular weight is 978 g/mol. The van der Waals surface area contributed by atoms with Crippen LogP contribution in [0.2, 0.25) is 0 Å². The molecule has 0 aliphatic carbocycles. The van der Waals surface area contributed by atoms with Crippen LogP contribution in [0.15, 0.2) is 96.8 Å². The molecule has 12 heteroatoms. The van der Waals surface area contributed by atoms with Gasteiger partial charge in [0.05, 0.1) is 0 Å². The second-order valence-electron chi connectivity index (χ2n) is 12.3. The third-order valence-corrected chi connectivity index (χ3v) is 10.4. The van der Waals surface area contributed by atoms with E-state index in [1.807, 2.05) is 18.2 Å². The summed E-state index contributed by atoms with van der Waals surface area (Å²) in [6.07, 6.45) is -1.02. The van der Waals surface area contributed by atoms with Gasteiger partial charge >= 0.3 is 12.1 Å². The largest absolute Gasteiger partial charge is 0.471 e. The summed E-state index contributed by atoms with van der Waals surface area (Å²) in [4.78, 5) is 14.3. The van der Waals surface area contributed by atoms with Crippen LogP contribution in [-0.4, -0.2) is 55.1 Å². The molecule has 0 spiro atoms. The standard InChI is InChI=1S/C11H9BrF3NO.C10H12BrN.C9H10BrN.C8H10BrN.2CH4/c12-9-2-1-8-6-16(4-3-7(8)5-9)10(17)11(13,14)15;1-12-5-4-8-6-10(11)3-2-9(8)7-12;10-9-2-1-8-6-11-4-3-7(8)5-9;9-8-3-1-2-7(6-8)4-5-10;;/h1-2,5H,3-4,6H2;2-3,6H,4-5,7H2,1H3;1-2,5,11H,3-4,6H2;1-3,6H,4-5,10H2;2*1H4. The number of alkyl halides is 3. The maximum absolute atomic E-state index is 12.3. The predicted octanol–water partition coefficient (Wildman–Crippen LogP) is 10.7. The van der Waals surface area contributed by atoms with Crippen molar-refractivity contribution in [3.8, 4) is 0 Å². The number of hydrogen-bond acceptors (Lipinski definition) is 4. The highest BCUT2D eigenvalue weighted by Gasteiger charge is 2.43. The van der Waals surface area contributed by atoms with Crippen molar-refractivity contribution >= 4 is 69.6 Å². The molecule has 0 fully saturated rings. The van der Waals surface area contributed by atoms with Gasteiger partial charge in [-0.2, -0.15) is 13.2 Å². The molecule has 3 aliphatic rings. The van der Waals surface area contributed by atoms with Crippen molar-refractivity contribution in [1.82, 2.24) is 15.1 Å². The minimum absolute atomic E-state index is 0. The van der Waals surface area contributed by atoms with E-state index in [1.165, 1.54) is 49.7 Å². The Morgan fingerprint density at radius 2 is 1.23 bits per heavy atom. The number of likely N-dealkylation sites (N-methyl/N-ethyl adjacent to an activating group) is 1. The van der Waals surface area contributed by atoms with E-state index in [0.29, 0.717) is 6.42 Å². The Balaban J connectivity index is 0.000000242. The fourth-order valence-corrected chi connectivity index (χ4v) is 7.51. The quantitative estimate of drug-likeness (QED) is 0.210. The summed E-state index contributed by atoms with van der Waals surface area (Å²) in [5.74, 6) is -1.76. The summed E-state index contributed by atoms with van der Waals surface area (Å²) in [5, 5.41) is 3.35. The summed E-state index contributed by atoms with van der Waals surface area (Å²) >= 11 is 13.7. The van der Waals surface area contributed by atoms with Crippen LogP contribution in [0, 0.1) is 0 Å². The fraction of sp³-hybridized carbons (Fsp3) is 0.375. The van der Waals surface area contributed by atoms with E-state index in [0.717, 1.165) is 64.0 Å². The number of fused-ring (bicyclic) bond motifs is 3. The Morgan fingerprint density at radius 3 is 1.79 bits per heavy atom. The first kappa shape index (κ1) is 46.1. The lowest BCUT2D eigenvalue weighted by atomic mass is 10.00. The molecule has 1 amide bonds. The first-order chi connectivity index (χ1) is 23.8. The Kier molecular flexibility index (Phi) is 19.8. The Morgan fingerprint density at radius 1 is 0.712 bits per heavy atom. The maximum atomic E-state index is 12.3. The number of amides is 1. The van der Waals surface area contributed by atoms with Crippen LogP contribution in [0.4, 0.5) is 13.2 Å². The first-order valence-electron chi connectivity index (χ1n) is 16.3. The van der Waals surface area contributed by atoms with E-state index in [2.05, 4.69) is 130 Å². The molecular formula is C40H49Br4F3N4O. The van der Waals surface area contributed by atoms with Crippen LogP contribution in [0.1, 0.15) is 53.8 Å². The number of rotatable bonds is 2. The number of carbonyl (C=O) groups excluding carboxylic acids is 1. The highest BCUT2D eigenvalue weighted by Crippen LogP contribution is 2.27. The zero-order valence-electron chi connectivity index (χ0n) is 27.8. The zero-order valence-corrected chi connectivity index (χ0v) is 34.2. The fourth-order valence-electron chi connectivity index (χ4n) is 5.84. The average Bonchev–Trinajstić information content (AvgIpc) is 3.08. The Labute approximate surface area is 341 Å². The van der Waals surface area contributed by atoms with Gasteiger partial charge in [-0.3, -0.25) is 4.79 Å². The molecule has 4 aromatic carbocycles. The lowest BCUT2D eigenvalue weighted by Crippen LogP contribution is -2.43. The van der Waals surface area contributed by atoms with Gasteiger partial charge in [-0.05, 0) is 133 Å². The van der Waals surface area contributed by atoms with Gasteiger partial charge in [0.1, 0.15) is 0 Å². The minimum Gasteiger partial charge on any atom is -0.330 e. The highest BCUT2D eigenvalue weighted by atomic mass is 79.9. The van der Waals surface area contributed by atoms with Crippen LogP contribution >= 0.6 is 63.7 Å². The Hall–Kier alpha value is -2.06. The molecule has 0 radical (unpaired) electrons. The molecule has 3 aliphatic heterocycles. The van der Waals surface area contributed by atoms with Crippen LogP contribution in [0.25, 0.3) is 0 Å². The van der Waals surface area contributed by atoms with Gasteiger partial charge in [-0.15, -0.1) is 0 Å². The van der Waals surface area contributed by atoms with Gasteiger partial charge in [-0.1, -0.05) is 109 Å². The van der Waals surface area contributed by atoms with Crippen molar-refractivity contribution in [2.24, 2.45) is 5.73 Å². The number of carbonyl (C=O) groups is 1. The molecule has 4 aromatic rings. The van der Waals surface area contributed by atoms with Crippen molar-refractivity contribution in [2.45, 2.75) is 66.3 Å². The van der Waals surface area contributed by atoms with Gasteiger partial charge in [0.25, 0.3) is 0 Å². The molecule has 0 aromatic heterocycles. The van der Waals surface area contributed by atoms with E-state index in [1.54, 1.807) is 12.1 Å². The lowest BCUT2D eigenvalue weighted by molar-refractivity contribution is -0.186. The van der Waals surface area contributed by atoms with E-state index in [-0.39, 0.29) is 27.9 Å². The molecule has 0 saturated carbocycles. The molecular weight excluding hydrogens is 929 g/mol. The molecule has 3 heterocycles. The summed E-state index contributed by atoms with van der Waals surface area (Å²) in [7, 11) is 2.17. The maximum Gasteiger partial charge on any atom is 0.471 e. The third kappa shape index (κ3) is 14.6. The summed E-state index contributed by atoms with van der Waals surface area (Å²) < 4.78 is 41.2. The molecule has 7 rings (SSSR count). The smallest absolute Gasteiger partial charge is 0.330 e.